The Balaban J connectivity index is 1.43. The van der Waals surface area contributed by atoms with E-state index in [-0.39, 0.29) is 24.4 Å². The summed E-state index contributed by atoms with van der Waals surface area (Å²) in [7, 11) is 0. The first-order chi connectivity index (χ1) is 13.4. The fourth-order valence-electron chi connectivity index (χ4n) is 3.70. The smallest absolute Gasteiger partial charge is 0.167 e. The highest BCUT2D eigenvalue weighted by atomic mass is 16.8. The van der Waals surface area contributed by atoms with Crippen LogP contribution in [-0.2, 0) is 27.1 Å². The summed E-state index contributed by atoms with van der Waals surface area (Å²) in [4.78, 5) is 0. The maximum absolute atomic E-state index is 6.35. The molecule has 0 spiro atoms. The van der Waals surface area contributed by atoms with Gasteiger partial charge in [-0.15, -0.1) is 0 Å². The van der Waals surface area contributed by atoms with Gasteiger partial charge in [0.1, 0.15) is 0 Å². The lowest BCUT2D eigenvalue weighted by molar-refractivity contribution is -0.268. The fraction of sp³-hybridized carbons (Fsp3) is 0.333. The molecule has 2 aromatic rings. The molecule has 4 rings (SSSR count). The standard InChI is InChI=1S/C24H26O3/c1-3-9-19(10-4-1)17-21-13-7-15-25-23(21)27-24-22(14-8-16-26-24)18-20-11-5-2-6-12-20/h1-14,21-24H,15-18H2. The Bertz CT molecular complexity index is 688. The van der Waals surface area contributed by atoms with Crippen molar-refractivity contribution in [1.82, 2.24) is 0 Å². The third-order valence-electron chi connectivity index (χ3n) is 5.08. The summed E-state index contributed by atoms with van der Waals surface area (Å²) < 4.78 is 18.3. The fourth-order valence-corrected chi connectivity index (χ4v) is 3.70. The molecular formula is C24H26O3. The van der Waals surface area contributed by atoms with Crippen molar-refractivity contribution in [2.24, 2.45) is 11.8 Å². The van der Waals surface area contributed by atoms with Gasteiger partial charge in [0.15, 0.2) is 12.6 Å². The molecule has 3 nitrogen and oxygen atoms in total. The van der Waals surface area contributed by atoms with E-state index in [4.69, 9.17) is 14.2 Å². The van der Waals surface area contributed by atoms with Crippen LogP contribution in [0.25, 0.3) is 0 Å². The summed E-state index contributed by atoms with van der Waals surface area (Å²) in [6, 6.07) is 21.0. The van der Waals surface area contributed by atoms with Crippen LogP contribution >= 0.6 is 0 Å². The Morgan fingerprint density at radius 2 is 1.11 bits per heavy atom. The highest BCUT2D eigenvalue weighted by molar-refractivity contribution is 5.18. The van der Waals surface area contributed by atoms with Gasteiger partial charge in [-0.2, -0.15) is 0 Å². The molecule has 2 heterocycles. The molecule has 0 amide bonds. The molecule has 0 saturated heterocycles. The van der Waals surface area contributed by atoms with Gasteiger partial charge in [-0.3, -0.25) is 0 Å². The second kappa shape index (κ2) is 9.14. The van der Waals surface area contributed by atoms with Crippen molar-refractivity contribution >= 4 is 0 Å². The van der Waals surface area contributed by atoms with Gasteiger partial charge in [0.05, 0.1) is 13.2 Å². The van der Waals surface area contributed by atoms with E-state index in [0.717, 1.165) is 12.8 Å². The molecule has 4 unspecified atom stereocenters. The van der Waals surface area contributed by atoms with E-state index >= 15 is 0 Å². The molecule has 0 N–H and O–H groups in total. The zero-order chi connectivity index (χ0) is 18.3. The average molecular weight is 362 g/mol. The molecule has 0 fully saturated rings. The van der Waals surface area contributed by atoms with Crippen molar-refractivity contribution in [1.29, 1.82) is 0 Å². The SMILES string of the molecule is C1=CC(Cc2ccccc2)C(OC2OCC=CC2Cc2ccccc2)OC1. The number of rotatable bonds is 6. The summed E-state index contributed by atoms with van der Waals surface area (Å²) in [5, 5.41) is 0. The summed E-state index contributed by atoms with van der Waals surface area (Å²) in [6.07, 6.45) is 9.81. The lowest BCUT2D eigenvalue weighted by Gasteiger charge is -2.35. The summed E-state index contributed by atoms with van der Waals surface area (Å²) in [5.74, 6) is 0.376. The van der Waals surface area contributed by atoms with E-state index in [1.54, 1.807) is 0 Å². The third-order valence-corrected chi connectivity index (χ3v) is 5.08. The number of hydrogen-bond acceptors (Lipinski definition) is 3. The number of hydrogen-bond donors (Lipinski definition) is 0. The van der Waals surface area contributed by atoms with Gasteiger partial charge in [0.2, 0.25) is 0 Å². The zero-order valence-electron chi connectivity index (χ0n) is 15.4. The van der Waals surface area contributed by atoms with Crippen LogP contribution in [0.2, 0.25) is 0 Å². The van der Waals surface area contributed by atoms with Crippen LogP contribution in [0, 0.1) is 11.8 Å². The predicted molar refractivity (Wildman–Crippen MR) is 106 cm³/mol. The molecule has 0 radical (unpaired) electrons. The van der Waals surface area contributed by atoms with E-state index in [9.17, 15) is 0 Å². The summed E-state index contributed by atoms with van der Waals surface area (Å²) in [5.41, 5.74) is 2.58. The van der Waals surface area contributed by atoms with Crippen LogP contribution in [0.3, 0.4) is 0 Å². The highest BCUT2D eigenvalue weighted by Gasteiger charge is 2.31. The van der Waals surface area contributed by atoms with Crippen molar-refractivity contribution in [3.05, 3.63) is 96.1 Å². The molecule has 0 aromatic heterocycles. The van der Waals surface area contributed by atoms with E-state index < -0.39 is 0 Å². The van der Waals surface area contributed by atoms with Crippen LogP contribution in [0.15, 0.2) is 85.0 Å². The van der Waals surface area contributed by atoms with Gasteiger partial charge in [-0.25, -0.2) is 0 Å². The van der Waals surface area contributed by atoms with E-state index in [0.29, 0.717) is 13.2 Å². The Labute approximate surface area is 161 Å². The first-order valence-electron chi connectivity index (χ1n) is 9.68. The minimum Gasteiger partial charge on any atom is -0.348 e. The lowest BCUT2D eigenvalue weighted by Crippen LogP contribution is -2.39. The molecule has 2 aliphatic rings. The summed E-state index contributed by atoms with van der Waals surface area (Å²) >= 11 is 0. The first kappa shape index (κ1) is 18.2. The molecule has 4 atom stereocenters. The second-order valence-corrected chi connectivity index (χ2v) is 7.10. The molecule has 0 bridgehead atoms. The number of ether oxygens (including phenoxy) is 3. The predicted octanol–water partition coefficient (Wildman–Crippen LogP) is 4.55. The van der Waals surface area contributed by atoms with Crippen molar-refractivity contribution in [3.8, 4) is 0 Å². The van der Waals surface area contributed by atoms with Gasteiger partial charge >= 0.3 is 0 Å². The van der Waals surface area contributed by atoms with Crippen LogP contribution in [0.5, 0.6) is 0 Å². The zero-order valence-corrected chi connectivity index (χ0v) is 15.4. The molecule has 27 heavy (non-hydrogen) atoms. The molecule has 0 saturated carbocycles. The lowest BCUT2D eigenvalue weighted by atomic mass is 9.95. The van der Waals surface area contributed by atoms with Crippen LogP contribution < -0.4 is 0 Å². The number of benzene rings is 2. The maximum Gasteiger partial charge on any atom is 0.167 e. The normalized spacial score (nSPS) is 27.6. The van der Waals surface area contributed by atoms with Gasteiger partial charge < -0.3 is 14.2 Å². The topological polar surface area (TPSA) is 27.7 Å². The third kappa shape index (κ3) is 4.95. The largest absolute Gasteiger partial charge is 0.348 e. The van der Waals surface area contributed by atoms with Crippen LogP contribution in [0.4, 0.5) is 0 Å². The Morgan fingerprint density at radius 1 is 0.667 bits per heavy atom. The second-order valence-electron chi connectivity index (χ2n) is 7.10. The minimum atomic E-state index is -0.287. The minimum absolute atomic E-state index is 0.188. The molecular weight excluding hydrogens is 336 g/mol. The van der Waals surface area contributed by atoms with Crippen molar-refractivity contribution in [2.45, 2.75) is 25.4 Å². The van der Waals surface area contributed by atoms with Gasteiger partial charge in [0.25, 0.3) is 0 Å². The van der Waals surface area contributed by atoms with Crippen molar-refractivity contribution < 1.29 is 14.2 Å². The maximum atomic E-state index is 6.35. The van der Waals surface area contributed by atoms with E-state index in [1.165, 1.54) is 11.1 Å². The summed E-state index contributed by atoms with van der Waals surface area (Å²) in [6.45, 7) is 1.17. The first-order valence-corrected chi connectivity index (χ1v) is 9.68. The molecule has 140 valence electrons. The van der Waals surface area contributed by atoms with Gasteiger partial charge in [0, 0.05) is 11.8 Å². The molecule has 2 aromatic carbocycles. The molecule has 3 heteroatoms. The van der Waals surface area contributed by atoms with E-state index in [2.05, 4.69) is 72.8 Å². The molecule has 2 aliphatic heterocycles. The van der Waals surface area contributed by atoms with Crippen molar-refractivity contribution in [2.75, 3.05) is 13.2 Å². The van der Waals surface area contributed by atoms with Crippen LogP contribution in [0.1, 0.15) is 11.1 Å². The van der Waals surface area contributed by atoms with Crippen molar-refractivity contribution in [3.63, 3.8) is 0 Å². The molecule has 0 aliphatic carbocycles. The van der Waals surface area contributed by atoms with Crippen LogP contribution in [-0.4, -0.2) is 25.8 Å². The van der Waals surface area contributed by atoms with Gasteiger partial charge in [-0.05, 0) is 24.0 Å². The Morgan fingerprint density at radius 3 is 1.56 bits per heavy atom. The average Bonchev–Trinajstić information content (AvgIpc) is 2.72. The van der Waals surface area contributed by atoms with E-state index in [1.807, 2.05) is 12.1 Å². The highest BCUT2D eigenvalue weighted by Crippen LogP contribution is 2.27. The quantitative estimate of drug-likeness (QED) is 0.706. The monoisotopic (exact) mass is 362 g/mol. The van der Waals surface area contributed by atoms with Gasteiger partial charge in [-0.1, -0.05) is 85.0 Å². The Hall–Kier alpha value is -2.20. The Kier molecular flexibility index (Phi) is 6.15.